The highest BCUT2D eigenvalue weighted by Crippen LogP contribution is 2.21. The molecule has 0 fully saturated rings. The van der Waals surface area contributed by atoms with E-state index in [1.54, 1.807) is 13.0 Å². The van der Waals surface area contributed by atoms with Crippen LogP contribution in [0.3, 0.4) is 0 Å². The highest BCUT2D eigenvalue weighted by Gasteiger charge is 2.10. The highest BCUT2D eigenvalue weighted by molar-refractivity contribution is 5.32. The van der Waals surface area contributed by atoms with Gasteiger partial charge in [0.1, 0.15) is 24.3 Å². The zero-order chi connectivity index (χ0) is 15.2. The minimum atomic E-state index is -0.690. The molecule has 2 aromatic carbocycles. The first-order valence-corrected chi connectivity index (χ1v) is 7.26. The van der Waals surface area contributed by atoms with Crippen molar-refractivity contribution in [1.29, 1.82) is 0 Å². The van der Waals surface area contributed by atoms with E-state index in [4.69, 9.17) is 4.74 Å². The Labute approximate surface area is 125 Å². The van der Waals surface area contributed by atoms with Crippen LogP contribution in [0.2, 0.25) is 0 Å². The molecule has 21 heavy (non-hydrogen) atoms. The summed E-state index contributed by atoms with van der Waals surface area (Å²) in [4.78, 5) is 0. The van der Waals surface area contributed by atoms with Gasteiger partial charge in [-0.1, -0.05) is 37.6 Å². The first-order chi connectivity index (χ1) is 10.1. The van der Waals surface area contributed by atoms with Gasteiger partial charge in [-0.2, -0.15) is 0 Å². The number of hydrogen-bond acceptors (Lipinski definition) is 2. The summed E-state index contributed by atoms with van der Waals surface area (Å²) < 4.78 is 18.6. The van der Waals surface area contributed by atoms with Gasteiger partial charge >= 0.3 is 0 Å². The van der Waals surface area contributed by atoms with Crippen molar-refractivity contribution in [2.75, 3.05) is 6.61 Å². The summed E-state index contributed by atoms with van der Waals surface area (Å²) in [6.45, 7) is 4.07. The highest BCUT2D eigenvalue weighted by atomic mass is 19.1. The summed E-state index contributed by atoms with van der Waals surface area (Å²) >= 11 is 0. The maximum atomic E-state index is 13.0. The fourth-order valence-electron chi connectivity index (χ4n) is 2.23. The van der Waals surface area contributed by atoms with E-state index in [0.717, 1.165) is 24.0 Å². The van der Waals surface area contributed by atoms with Crippen molar-refractivity contribution in [3.63, 3.8) is 0 Å². The van der Waals surface area contributed by atoms with E-state index in [0.29, 0.717) is 5.75 Å². The molecule has 0 aliphatic heterocycles. The summed E-state index contributed by atoms with van der Waals surface area (Å²) in [5.74, 6) is 0.310. The van der Waals surface area contributed by atoms with Crippen LogP contribution < -0.4 is 4.74 Å². The number of halogens is 1. The summed E-state index contributed by atoms with van der Waals surface area (Å²) in [5.41, 5.74) is 2.82. The maximum Gasteiger partial charge on any atom is 0.123 e. The van der Waals surface area contributed by atoms with Gasteiger partial charge < -0.3 is 9.84 Å². The topological polar surface area (TPSA) is 29.5 Å². The molecule has 0 saturated carbocycles. The predicted octanol–water partition coefficient (Wildman–Crippen LogP) is 4.20. The Morgan fingerprint density at radius 1 is 1.14 bits per heavy atom. The van der Waals surface area contributed by atoms with Gasteiger partial charge in [-0.25, -0.2) is 4.39 Å². The molecule has 2 rings (SSSR count). The first-order valence-electron chi connectivity index (χ1n) is 7.26. The number of aliphatic hydroxyl groups is 1. The predicted molar refractivity (Wildman–Crippen MR) is 82.0 cm³/mol. The summed E-state index contributed by atoms with van der Waals surface area (Å²) in [6, 6.07) is 12.3. The molecule has 0 amide bonds. The van der Waals surface area contributed by atoms with Gasteiger partial charge in [0.25, 0.3) is 0 Å². The molecule has 0 spiro atoms. The molecule has 2 nitrogen and oxygen atoms in total. The molecule has 1 atom stereocenters. The van der Waals surface area contributed by atoms with Crippen molar-refractivity contribution in [3.8, 4) is 5.75 Å². The van der Waals surface area contributed by atoms with E-state index >= 15 is 0 Å². The molecule has 3 heteroatoms. The molecule has 0 aliphatic carbocycles. The zero-order valence-corrected chi connectivity index (χ0v) is 12.5. The molecule has 112 valence electrons. The zero-order valence-electron chi connectivity index (χ0n) is 12.5. The molecule has 1 unspecified atom stereocenters. The van der Waals surface area contributed by atoms with Gasteiger partial charge in [-0.15, -0.1) is 0 Å². The summed E-state index contributed by atoms with van der Waals surface area (Å²) in [5, 5.41) is 10.1. The van der Waals surface area contributed by atoms with E-state index in [-0.39, 0.29) is 12.4 Å². The van der Waals surface area contributed by atoms with E-state index in [9.17, 15) is 9.50 Å². The lowest BCUT2D eigenvalue weighted by Gasteiger charge is -2.14. The van der Waals surface area contributed by atoms with E-state index in [1.807, 2.05) is 24.3 Å². The van der Waals surface area contributed by atoms with Crippen LogP contribution in [-0.2, 0) is 6.42 Å². The van der Waals surface area contributed by atoms with Gasteiger partial charge in [-0.05, 0) is 48.2 Å². The second kappa shape index (κ2) is 7.23. The Morgan fingerprint density at radius 3 is 2.48 bits per heavy atom. The number of aliphatic hydroxyl groups excluding tert-OH is 1. The van der Waals surface area contributed by atoms with E-state index in [1.165, 1.54) is 17.7 Å². The fourth-order valence-corrected chi connectivity index (χ4v) is 2.23. The molecule has 0 bridgehead atoms. The number of rotatable bonds is 6. The maximum absolute atomic E-state index is 13.0. The third-order valence-electron chi connectivity index (χ3n) is 3.44. The Balaban J connectivity index is 1.96. The van der Waals surface area contributed by atoms with E-state index < -0.39 is 6.10 Å². The smallest absolute Gasteiger partial charge is 0.123 e. The van der Waals surface area contributed by atoms with Crippen LogP contribution in [0.25, 0.3) is 0 Å². The summed E-state index contributed by atoms with van der Waals surface area (Å²) in [6.07, 6.45) is 1.46. The van der Waals surface area contributed by atoms with Crippen LogP contribution in [-0.4, -0.2) is 11.7 Å². The molecule has 0 aliphatic rings. The van der Waals surface area contributed by atoms with Crippen molar-refractivity contribution in [2.24, 2.45) is 0 Å². The quantitative estimate of drug-likeness (QED) is 0.863. The first kappa shape index (κ1) is 15.5. The van der Waals surface area contributed by atoms with Gasteiger partial charge in [0.05, 0.1) is 0 Å². The van der Waals surface area contributed by atoms with Crippen molar-refractivity contribution >= 4 is 0 Å². The molecule has 0 saturated heterocycles. The van der Waals surface area contributed by atoms with Crippen LogP contribution in [0.5, 0.6) is 5.75 Å². The minimum Gasteiger partial charge on any atom is -0.490 e. The molecule has 0 aromatic heterocycles. The Hall–Kier alpha value is -1.87. The van der Waals surface area contributed by atoms with Crippen LogP contribution in [0.1, 0.15) is 36.1 Å². The van der Waals surface area contributed by atoms with Crippen molar-refractivity contribution < 1.29 is 14.2 Å². The Bertz CT molecular complexity index is 578. The number of ether oxygens (including phenoxy) is 1. The molecular formula is C18H21FO2. The van der Waals surface area contributed by atoms with Crippen molar-refractivity contribution in [1.82, 2.24) is 0 Å². The van der Waals surface area contributed by atoms with Gasteiger partial charge in [-0.3, -0.25) is 0 Å². The lowest BCUT2D eigenvalue weighted by molar-refractivity contribution is 0.108. The summed E-state index contributed by atoms with van der Waals surface area (Å²) in [7, 11) is 0. The third kappa shape index (κ3) is 4.30. The van der Waals surface area contributed by atoms with Crippen molar-refractivity contribution in [2.45, 2.75) is 32.8 Å². The largest absolute Gasteiger partial charge is 0.490 e. The molecule has 1 N–H and O–H groups in total. The van der Waals surface area contributed by atoms with Crippen LogP contribution in [0.15, 0.2) is 42.5 Å². The lowest BCUT2D eigenvalue weighted by Crippen LogP contribution is -2.10. The van der Waals surface area contributed by atoms with E-state index in [2.05, 4.69) is 6.92 Å². The third-order valence-corrected chi connectivity index (χ3v) is 3.44. The fraction of sp³-hybridized carbons (Fsp3) is 0.333. The number of hydrogen-bond donors (Lipinski definition) is 1. The Morgan fingerprint density at radius 2 is 1.86 bits per heavy atom. The second-order valence-electron chi connectivity index (χ2n) is 5.23. The Kier molecular flexibility index (Phi) is 5.34. The average molecular weight is 288 g/mol. The lowest BCUT2D eigenvalue weighted by atomic mass is 10.0. The molecule has 0 radical (unpaired) electrons. The van der Waals surface area contributed by atoms with Gasteiger partial charge in [0.2, 0.25) is 0 Å². The van der Waals surface area contributed by atoms with Gasteiger partial charge in [0, 0.05) is 0 Å². The minimum absolute atomic E-state index is 0.152. The normalized spacial score (nSPS) is 12.2. The van der Waals surface area contributed by atoms with Crippen LogP contribution >= 0.6 is 0 Å². The van der Waals surface area contributed by atoms with Crippen LogP contribution in [0, 0.1) is 12.7 Å². The standard InChI is InChI=1S/C18H21FO2/c1-3-4-14-5-7-15(8-6-14)17(20)12-21-18-10-9-16(19)11-13(18)2/h5-11,17,20H,3-4,12H2,1-2H3. The van der Waals surface area contributed by atoms with Crippen molar-refractivity contribution in [3.05, 3.63) is 65.0 Å². The average Bonchev–Trinajstić information content (AvgIpc) is 2.47. The molecular weight excluding hydrogens is 267 g/mol. The molecule has 2 aromatic rings. The molecule has 0 heterocycles. The number of benzene rings is 2. The van der Waals surface area contributed by atoms with Gasteiger partial charge in [0.15, 0.2) is 0 Å². The monoisotopic (exact) mass is 288 g/mol. The van der Waals surface area contributed by atoms with Crippen LogP contribution in [0.4, 0.5) is 4.39 Å². The number of aryl methyl sites for hydroxylation is 2. The SMILES string of the molecule is CCCc1ccc(C(O)COc2ccc(F)cc2C)cc1. The second-order valence-corrected chi connectivity index (χ2v) is 5.23.